The molecule has 3 N–H and O–H groups in total. The Morgan fingerprint density at radius 3 is 2.21 bits per heavy atom. The summed E-state index contributed by atoms with van der Waals surface area (Å²) in [7, 11) is 2.90. The summed E-state index contributed by atoms with van der Waals surface area (Å²) in [5.41, 5.74) is 0.836. The van der Waals surface area contributed by atoms with E-state index in [0.717, 1.165) is 5.70 Å². The Bertz CT molecular complexity index is 254. The summed E-state index contributed by atoms with van der Waals surface area (Å²) in [5, 5.41) is 7.96. The molecule has 0 aliphatic heterocycles. The van der Waals surface area contributed by atoms with Gasteiger partial charge in [-0.1, -0.05) is 26.8 Å². The first kappa shape index (κ1) is 19.6. The maximum atomic E-state index is 10.6. The Balaban J connectivity index is 0. The van der Waals surface area contributed by atoms with Crippen molar-refractivity contribution in [3.63, 3.8) is 0 Å². The van der Waals surface area contributed by atoms with Gasteiger partial charge in [-0.25, -0.2) is 4.79 Å². The Morgan fingerprint density at radius 2 is 1.89 bits per heavy atom. The van der Waals surface area contributed by atoms with E-state index in [1.165, 1.54) is 26.4 Å². The Hall–Kier alpha value is -1.72. The van der Waals surface area contributed by atoms with E-state index >= 15 is 0 Å². The van der Waals surface area contributed by atoms with Crippen LogP contribution in [-0.2, 0) is 9.53 Å². The van der Waals surface area contributed by atoms with E-state index in [0.29, 0.717) is 19.0 Å². The van der Waals surface area contributed by atoms with Crippen LogP contribution in [0, 0.1) is 0 Å². The lowest BCUT2D eigenvalue weighted by molar-refractivity contribution is -0.109. The molecule has 112 valence electrons. The van der Waals surface area contributed by atoms with Gasteiger partial charge in [0.25, 0.3) is 0 Å². The summed E-state index contributed by atoms with van der Waals surface area (Å²) in [5.74, 6) is 0. The largest absolute Gasteiger partial charge is 0.453 e. The molecule has 0 aromatic carbocycles. The second-order valence-corrected chi connectivity index (χ2v) is 3.98. The third kappa shape index (κ3) is 18.8. The van der Waals surface area contributed by atoms with Crippen molar-refractivity contribution in [2.45, 2.75) is 39.2 Å². The van der Waals surface area contributed by atoms with Crippen molar-refractivity contribution < 1.29 is 14.3 Å². The number of alkyl carbamates (subject to hydrolysis) is 1. The van der Waals surface area contributed by atoms with Gasteiger partial charge in [0.1, 0.15) is 0 Å². The van der Waals surface area contributed by atoms with Gasteiger partial charge in [-0.2, -0.15) is 0 Å². The lowest BCUT2D eigenvalue weighted by atomic mass is 10.4. The molecular weight excluding hydrogens is 246 g/mol. The standard InChI is InChI=1S/C8H14N2O2.C3H8.C2H5NO/c1-6(10-7-3-4-7)5-9-8(11)12-2;1-3-2;1-3-2-4/h7,10H,1,3-5H2,2H3,(H,9,11);3H2,1-2H3;2H,1H3,(H,3,4). The lowest BCUT2D eigenvalue weighted by Crippen LogP contribution is -2.30. The molecule has 0 aromatic rings. The minimum absolute atomic E-state index is 0.422. The molecule has 1 saturated carbocycles. The maximum Gasteiger partial charge on any atom is 0.407 e. The molecule has 2 amide bonds. The van der Waals surface area contributed by atoms with Gasteiger partial charge in [-0.15, -0.1) is 0 Å². The predicted molar refractivity (Wildman–Crippen MR) is 76.8 cm³/mol. The van der Waals surface area contributed by atoms with Crippen molar-refractivity contribution in [2.75, 3.05) is 20.7 Å². The number of amides is 2. The van der Waals surface area contributed by atoms with Gasteiger partial charge in [0.05, 0.1) is 13.7 Å². The van der Waals surface area contributed by atoms with Crippen LogP contribution in [0.3, 0.4) is 0 Å². The second kappa shape index (κ2) is 14.3. The summed E-state index contributed by atoms with van der Waals surface area (Å²) in [6.45, 7) is 8.44. The Kier molecular flexibility index (Phi) is 14.8. The number of ether oxygens (including phenoxy) is 1. The zero-order valence-electron chi connectivity index (χ0n) is 12.4. The van der Waals surface area contributed by atoms with E-state index in [4.69, 9.17) is 4.79 Å². The molecule has 1 aliphatic rings. The molecule has 0 unspecified atom stereocenters. The minimum atomic E-state index is -0.422. The van der Waals surface area contributed by atoms with Crippen LogP contribution >= 0.6 is 0 Å². The molecule has 6 nitrogen and oxygen atoms in total. The third-order valence-electron chi connectivity index (χ3n) is 1.73. The molecular formula is C13H27N3O3. The highest BCUT2D eigenvalue weighted by atomic mass is 16.5. The molecule has 0 spiro atoms. The molecule has 1 rings (SSSR count). The highest BCUT2D eigenvalue weighted by molar-refractivity contribution is 5.67. The van der Waals surface area contributed by atoms with Crippen LogP contribution in [0.4, 0.5) is 4.79 Å². The fraction of sp³-hybridized carbons (Fsp3) is 0.692. The SMILES string of the molecule is C=C(CNC(=O)OC)NC1CC1.CCC.CNC=O. The molecule has 6 heteroatoms. The Labute approximate surface area is 116 Å². The first-order chi connectivity index (χ1) is 9.05. The average Bonchev–Trinajstić information content (AvgIpc) is 3.21. The topological polar surface area (TPSA) is 79.5 Å². The first-order valence-corrected chi connectivity index (χ1v) is 6.42. The van der Waals surface area contributed by atoms with Crippen LogP contribution in [0.1, 0.15) is 33.1 Å². The van der Waals surface area contributed by atoms with Crippen molar-refractivity contribution in [3.05, 3.63) is 12.3 Å². The zero-order chi connectivity index (χ0) is 15.1. The molecule has 0 heterocycles. The predicted octanol–water partition coefficient (Wildman–Crippen LogP) is 1.39. The van der Waals surface area contributed by atoms with Crippen LogP contribution < -0.4 is 16.0 Å². The van der Waals surface area contributed by atoms with Gasteiger partial charge in [0, 0.05) is 18.8 Å². The van der Waals surface area contributed by atoms with Gasteiger partial charge in [0.15, 0.2) is 0 Å². The number of carbonyl (C=O) groups is 2. The highest BCUT2D eigenvalue weighted by Gasteiger charge is 2.20. The zero-order valence-corrected chi connectivity index (χ0v) is 12.4. The smallest absolute Gasteiger partial charge is 0.407 e. The summed E-state index contributed by atoms with van der Waals surface area (Å²) in [6, 6.07) is 0.581. The van der Waals surface area contributed by atoms with Crippen LogP contribution in [-0.4, -0.2) is 39.2 Å². The van der Waals surface area contributed by atoms with Gasteiger partial charge in [-0.05, 0) is 12.8 Å². The maximum absolute atomic E-state index is 10.6. The number of hydrogen-bond donors (Lipinski definition) is 3. The van der Waals surface area contributed by atoms with Gasteiger partial charge < -0.3 is 20.7 Å². The monoisotopic (exact) mass is 273 g/mol. The van der Waals surface area contributed by atoms with E-state index in [2.05, 4.69) is 41.1 Å². The van der Waals surface area contributed by atoms with E-state index in [9.17, 15) is 4.79 Å². The molecule has 19 heavy (non-hydrogen) atoms. The number of carbonyl (C=O) groups excluding carboxylic acids is 2. The summed E-state index contributed by atoms with van der Waals surface area (Å²) < 4.78 is 4.40. The van der Waals surface area contributed by atoms with Crippen LogP contribution in [0.5, 0.6) is 0 Å². The number of methoxy groups -OCH3 is 1. The molecule has 0 bridgehead atoms. The van der Waals surface area contributed by atoms with Crippen molar-refractivity contribution in [1.29, 1.82) is 0 Å². The van der Waals surface area contributed by atoms with Gasteiger partial charge in [0.2, 0.25) is 6.41 Å². The van der Waals surface area contributed by atoms with Crippen molar-refractivity contribution >= 4 is 12.5 Å². The molecule has 0 saturated heterocycles. The highest BCUT2D eigenvalue weighted by Crippen LogP contribution is 2.19. The molecule has 0 radical (unpaired) electrons. The van der Waals surface area contributed by atoms with Crippen molar-refractivity contribution in [2.24, 2.45) is 0 Å². The second-order valence-electron chi connectivity index (χ2n) is 3.98. The van der Waals surface area contributed by atoms with E-state index in [-0.39, 0.29) is 0 Å². The number of nitrogens with one attached hydrogen (secondary N) is 3. The van der Waals surface area contributed by atoms with Crippen LogP contribution in [0.15, 0.2) is 12.3 Å². The van der Waals surface area contributed by atoms with E-state index < -0.39 is 6.09 Å². The average molecular weight is 273 g/mol. The van der Waals surface area contributed by atoms with Crippen LogP contribution in [0.25, 0.3) is 0 Å². The fourth-order valence-corrected chi connectivity index (χ4v) is 0.818. The first-order valence-electron chi connectivity index (χ1n) is 6.42. The molecule has 0 atom stereocenters. The summed E-state index contributed by atoms with van der Waals surface area (Å²) >= 11 is 0. The number of hydrogen-bond acceptors (Lipinski definition) is 4. The summed E-state index contributed by atoms with van der Waals surface area (Å²) in [6.07, 6.45) is 3.86. The third-order valence-corrected chi connectivity index (χ3v) is 1.73. The quantitative estimate of drug-likeness (QED) is 0.661. The summed E-state index contributed by atoms with van der Waals surface area (Å²) in [4.78, 5) is 19.7. The molecule has 0 aromatic heterocycles. The fourth-order valence-electron chi connectivity index (χ4n) is 0.818. The van der Waals surface area contributed by atoms with Crippen molar-refractivity contribution in [3.8, 4) is 0 Å². The molecule has 1 fully saturated rings. The number of rotatable bonds is 5. The lowest BCUT2D eigenvalue weighted by Gasteiger charge is -2.08. The normalized spacial score (nSPS) is 11.6. The van der Waals surface area contributed by atoms with Gasteiger partial charge in [-0.3, -0.25) is 4.79 Å². The Morgan fingerprint density at radius 1 is 1.42 bits per heavy atom. The minimum Gasteiger partial charge on any atom is -0.453 e. The van der Waals surface area contributed by atoms with E-state index in [1.807, 2.05) is 0 Å². The van der Waals surface area contributed by atoms with Crippen molar-refractivity contribution in [1.82, 2.24) is 16.0 Å². The van der Waals surface area contributed by atoms with Crippen LogP contribution in [0.2, 0.25) is 0 Å². The van der Waals surface area contributed by atoms with Gasteiger partial charge >= 0.3 is 6.09 Å². The molecule has 1 aliphatic carbocycles. The van der Waals surface area contributed by atoms with E-state index in [1.54, 1.807) is 7.05 Å².